The molecule has 0 bridgehead atoms. The summed E-state index contributed by atoms with van der Waals surface area (Å²) in [5.74, 6) is -13.3. The molecule has 3 N–H and O–H groups in total. The summed E-state index contributed by atoms with van der Waals surface area (Å²) in [5.41, 5.74) is 0. The van der Waals surface area contributed by atoms with Gasteiger partial charge in [0.05, 0.1) is 36.2 Å². The minimum atomic E-state index is -1.42. The predicted octanol–water partition coefficient (Wildman–Crippen LogP) is 6.74. The number of carbonyl (C=O) groups is 12. The molecule has 0 aliphatic carbocycles. The number of Topliss-reactive ketones (excluding diaryl/α,β-unsaturated/α-hetero) is 5. The summed E-state index contributed by atoms with van der Waals surface area (Å²) in [6.07, 6.45) is -0.365. The van der Waals surface area contributed by atoms with Gasteiger partial charge >= 0.3 is 5.97 Å². The van der Waals surface area contributed by atoms with Crippen molar-refractivity contribution in [2.75, 3.05) is 28.2 Å². The van der Waals surface area contributed by atoms with Crippen molar-refractivity contribution >= 4 is 70.3 Å². The van der Waals surface area contributed by atoms with Crippen LogP contribution in [0.4, 0.5) is 0 Å². The number of aliphatic hydroxyl groups excluding tert-OH is 1. The Hall–Kier alpha value is -5.66. The maximum Gasteiger partial charge on any atom is 0.302 e. The van der Waals surface area contributed by atoms with Crippen LogP contribution in [0.5, 0.6) is 0 Å². The second-order valence-electron chi connectivity index (χ2n) is 25.9. The molecule has 0 spiro atoms. The molecule has 1 aliphatic rings. The van der Waals surface area contributed by atoms with E-state index in [0.717, 1.165) is 11.8 Å². The van der Waals surface area contributed by atoms with Crippen LogP contribution in [0.25, 0.3) is 0 Å². The van der Waals surface area contributed by atoms with Crippen LogP contribution in [0, 0.1) is 59.2 Å². The van der Waals surface area contributed by atoms with Crippen molar-refractivity contribution in [2.24, 2.45) is 59.2 Å². The largest absolute Gasteiger partial charge is 0.460 e. The Morgan fingerprint density at radius 3 is 1.56 bits per heavy atom. The van der Waals surface area contributed by atoms with Crippen LogP contribution >= 0.6 is 0 Å². The van der Waals surface area contributed by atoms with Crippen LogP contribution in [0.3, 0.4) is 0 Å². The first-order valence-electron chi connectivity index (χ1n) is 30.6. The Balaban J connectivity index is 4.22. The highest BCUT2D eigenvalue weighted by Crippen LogP contribution is 2.30. The van der Waals surface area contributed by atoms with Gasteiger partial charge in [0, 0.05) is 91.4 Å². The van der Waals surface area contributed by atoms with E-state index in [4.69, 9.17) is 4.74 Å². The molecule has 1 fully saturated rings. The maximum atomic E-state index is 14.8. The number of nitrogens with one attached hydrogen (secondary N) is 2. The van der Waals surface area contributed by atoms with Gasteiger partial charge in [-0.25, -0.2) is 0 Å². The van der Waals surface area contributed by atoms with E-state index in [1.807, 2.05) is 47.6 Å². The minimum absolute atomic E-state index is 0.0592. The van der Waals surface area contributed by atoms with Crippen LogP contribution in [0.1, 0.15) is 188 Å². The lowest BCUT2D eigenvalue weighted by molar-refractivity contribution is -0.156. The molecular weight excluding hydrogens is 1080 g/mol. The first-order chi connectivity index (χ1) is 38.9. The van der Waals surface area contributed by atoms with Gasteiger partial charge in [0.15, 0.2) is 28.9 Å². The number of nitrogens with zero attached hydrogens (tertiary/aromatic N) is 4. The Morgan fingerprint density at radius 2 is 1.08 bits per heavy atom. The fraction of sp³-hybridized carbons (Fsp3) is 0.781. The molecule has 20 heteroatoms. The summed E-state index contributed by atoms with van der Waals surface area (Å²) in [6.45, 7) is 29.0. The first kappa shape index (κ1) is 76.4. The Kier molecular flexibility index (Phi) is 32.5. The third-order valence-electron chi connectivity index (χ3n) is 16.4. The molecule has 20 nitrogen and oxygen atoms in total. The third-order valence-corrected chi connectivity index (χ3v) is 16.4. The predicted molar refractivity (Wildman–Crippen MR) is 322 cm³/mol. The van der Waals surface area contributed by atoms with Gasteiger partial charge < -0.3 is 40.1 Å². The summed E-state index contributed by atoms with van der Waals surface area (Å²) in [4.78, 5) is 176. The van der Waals surface area contributed by atoms with Gasteiger partial charge in [-0.15, -0.1) is 0 Å². The van der Waals surface area contributed by atoms with E-state index in [-0.39, 0.29) is 56.3 Å². The summed E-state index contributed by atoms with van der Waals surface area (Å²) in [5, 5.41) is 17.4. The second kappa shape index (κ2) is 35.7. The van der Waals surface area contributed by atoms with Crippen molar-refractivity contribution in [3.8, 4) is 0 Å². The maximum absolute atomic E-state index is 14.8. The van der Waals surface area contributed by atoms with Gasteiger partial charge in [0.25, 0.3) is 0 Å². The second-order valence-corrected chi connectivity index (χ2v) is 25.9. The first-order valence-corrected chi connectivity index (χ1v) is 30.6. The molecule has 84 heavy (non-hydrogen) atoms. The van der Waals surface area contributed by atoms with E-state index in [1.54, 1.807) is 54.5 Å². The van der Waals surface area contributed by atoms with Crippen LogP contribution in [0.15, 0.2) is 12.2 Å². The van der Waals surface area contributed by atoms with Gasteiger partial charge in [-0.3, -0.25) is 57.5 Å². The molecule has 478 valence electrons. The number of amides is 6. The Labute approximate surface area is 502 Å². The fourth-order valence-corrected chi connectivity index (χ4v) is 11.5. The fourth-order valence-electron chi connectivity index (χ4n) is 11.5. The lowest BCUT2D eigenvalue weighted by Crippen LogP contribution is -2.53. The van der Waals surface area contributed by atoms with E-state index >= 15 is 0 Å². The molecule has 6 amide bonds. The molecule has 0 radical (unpaired) electrons. The highest BCUT2D eigenvalue weighted by Gasteiger charge is 2.43. The van der Waals surface area contributed by atoms with E-state index in [9.17, 15) is 62.6 Å². The zero-order valence-electron chi connectivity index (χ0n) is 54.9. The van der Waals surface area contributed by atoms with E-state index in [2.05, 4.69) is 10.6 Å². The van der Waals surface area contributed by atoms with Crippen LogP contribution in [-0.2, 0) is 62.3 Å². The number of carbonyl (C=O) groups excluding carboxylic acids is 12. The monoisotopic (exact) mass is 1180 g/mol. The van der Waals surface area contributed by atoms with Crippen LogP contribution in [-0.4, -0.2) is 172 Å². The summed E-state index contributed by atoms with van der Waals surface area (Å²) >= 11 is 0. The number of likely N-dealkylation sites (N-methyl/N-ethyl adjacent to an activating group) is 4. The van der Waals surface area contributed by atoms with Gasteiger partial charge in [-0.2, -0.15) is 0 Å². The van der Waals surface area contributed by atoms with Crippen molar-refractivity contribution in [1.29, 1.82) is 0 Å². The van der Waals surface area contributed by atoms with Gasteiger partial charge in [-0.1, -0.05) is 102 Å². The lowest BCUT2D eigenvalue weighted by atomic mass is 9.82. The van der Waals surface area contributed by atoms with E-state index < -0.39 is 186 Å². The van der Waals surface area contributed by atoms with Crippen molar-refractivity contribution in [2.45, 2.75) is 237 Å². The molecule has 0 unspecified atom stereocenters. The van der Waals surface area contributed by atoms with Crippen molar-refractivity contribution in [3.63, 3.8) is 0 Å². The molecule has 0 saturated carbocycles. The zero-order chi connectivity index (χ0) is 64.9. The molecule has 13 atom stereocenters. The molecular formula is C64H108N6O14. The Bertz CT molecular complexity index is 2310. The number of allylic oxidation sites excluding steroid dienone is 2. The number of aliphatic hydroxyl groups is 1. The normalized spacial score (nSPS) is 27.4. The standard InChI is InChI=1S/C64H108N6O14/c1-22-24-25-40(13)59(78)47-34-54(75)57(39(11)12)70(21)63(82)45(28-35(3)4)32-53(74)50(30-37(7)8)67(18)62(81)42(15)65-60(79)41(14)31-52(73)49(29-36(5)6)68(19)64(83)46(38(9)10)33-55(76)58(43(16)84-44(17)71)69(20)56(77)27-26-51(72)48(23-2)66-61(47)80/h22,24,35-43,45-50,57-59,78H,23,25-34H2,1-21H3,(H,65,79)(H,66,80)/b24-22+/t40-,41-,42-,43-,45-,46+,47+,48+,49+,50+,57+,58+,59-/m1/s1. The lowest BCUT2D eigenvalue weighted by Gasteiger charge is -2.36. The number of esters is 1. The van der Waals surface area contributed by atoms with Crippen LogP contribution < -0.4 is 10.6 Å². The SMILES string of the molecule is C/C=C/C[C@@H](C)[C@@H](O)[C@@H]1CC(=O)[C@H](C(C)C)N(C)C(=O)[C@H](CC(C)C)CC(=O)[C@H](CC(C)C)N(C)C(=O)[C@@H](C)NC(=O)[C@H](C)CC(=O)[C@H](CC(C)C)N(C)C(=O)[C@H](C(C)C)CC(=O)[C@H]([C@@H](C)OC(C)=O)N(C)C(=O)CCC(=O)[C@H](CC)NC1=O. The molecule has 0 aromatic heterocycles. The third kappa shape index (κ3) is 23.0. The number of hydrogen-bond donors (Lipinski definition) is 3. The smallest absolute Gasteiger partial charge is 0.302 e. The molecule has 1 heterocycles. The number of hydrogen-bond acceptors (Lipinski definition) is 14. The highest BCUT2D eigenvalue weighted by molar-refractivity contribution is 5.99. The molecule has 1 saturated heterocycles. The highest BCUT2D eigenvalue weighted by atomic mass is 16.5. The van der Waals surface area contributed by atoms with Crippen LogP contribution in [0.2, 0.25) is 0 Å². The molecule has 0 aromatic carbocycles. The van der Waals surface area contributed by atoms with E-state index in [0.29, 0.717) is 6.42 Å². The Morgan fingerprint density at radius 1 is 0.583 bits per heavy atom. The topological polar surface area (TPSA) is 271 Å². The van der Waals surface area contributed by atoms with Crippen molar-refractivity contribution < 1.29 is 67.4 Å². The molecule has 1 rings (SSSR count). The van der Waals surface area contributed by atoms with E-state index in [1.165, 1.54) is 63.7 Å². The van der Waals surface area contributed by atoms with Crippen molar-refractivity contribution in [3.05, 3.63) is 12.2 Å². The summed E-state index contributed by atoms with van der Waals surface area (Å²) in [6, 6.07) is -6.95. The number of rotatable bonds is 15. The summed E-state index contributed by atoms with van der Waals surface area (Å²) in [7, 11) is 5.73. The summed E-state index contributed by atoms with van der Waals surface area (Å²) < 4.78 is 5.47. The van der Waals surface area contributed by atoms with Gasteiger partial charge in [-0.05, 0) is 88.4 Å². The molecule has 1 aliphatic heterocycles. The van der Waals surface area contributed by atoms with Crippen molar-refractivity contribution in [1.82, 2.24) is 30.2 Å². The average Bonchev–Trinajstić information content (AvgIpc) is 3.52. The minimum Gasteiger partial charge on any atom is -0.460 e. The number of ether oxygens (including phenoxy) is 1. The average molecular weight is 1190 g/mol. The van der Waals surface area contributed by atoms with Gasteiger partial charge in [0.2, 0.25) is 35.4 Å². The quantitative estimate of drug-likeness (QED) is 0.113. The molecule has 0 aromatic rings. The number of ketones is 5. The van der Waals surface area contributed by atoms with Gasteiger partial charge in [0.1, 0.15) is 18.2 Å². The zero-order valence-corrected chi connectivity index (χ0v) is 54.9.